The Morgan fingerprint density at radius 2 is 1.71 bits per heavy atom. The maximum atomic E-state index is 7.13. The fourth-order valence-electron chi connectivity index (χ4n) is 2.62. The van der Waals surface area contributed by atoms with E-state index >= 15 is 0 Å². The molecule has 1 aromatic carbocycles. The average Bonchev–Trinajstić information content (AvgIpc) is 2.43. The summed E-state index contributed by atoms with van der Waals surface area (Å²) in [5.41, 5.74) is 6.01. The van der Waals surface area contributed by atoms with Gasteiger partial charge in [-0.1, -0.05) is 30.3 Å². The first-order chi connectivity index (χ1) is 8.40. The molecular formula is C15H24N2. The van der Waals surface area contributed by atoms with Crippen LogP contribution in [0.15, 0.2) is 30.3 Å². The van der Waals surface area contributed by atoms with Gasteiger partial charge in [0.05, 0.1) is 0 Å². The zero-order valence-corrected chi connectivity index (χ0v) is 10.7. The van der Waals surface area contributed by atoms with Crippen LogP contribution in [0.25, 0.3) is 0 Å². The maximum Gasteiger partial charge on any atom is -0.00450 e. The maximum absolute atomic E-state index is 7.13. The van der Waals surface area contributed by atoms with Crippen molar-refractivity contribution >= 4 is 6.21 Å². The second-order valence-electron chi connectivity index (χ2n) is 4.57. The lowest BCUT2D eigenvalue weighted by Crippen LogP contribution is -2.13. The van der Waals surface area contributed by atoms with E-state index in [1.807, 2.05) is 0 Å². The summed E-state index contributed by atoms with van der Waals surface area (Å²) in [6, 6.07) is 10.9. The lowest BCUT2D eigenvalue weighted by Gasteiger charge is -2.27. The van der Waals surface area contributed by atoms with E-state index in [0.29, 0.717) is 0 Å². The van der Waals surface area contributed by atoms with E-state index in [4.69, 9.17) is 5.41 Å². The zero-order valence-electron chi connectivity index (χ0n) is 10.7. The van der Waals surface area contributed by atoms with Crippen molar-refractivity contribution in [2.75, 3.05) is 7.05 Å². The molecule has 0 bridgehead atoms. The smallest absolute Gasteiger partial charge is 0.00450 e. The van der Waals surface area contributed by atoms with Crippen molar-refractivity contribution in [1.82, 2.24) is 0 Å². The molecule has 0 aromatic heterocycles. The molecule has 0 spiro atoms. The highest BCUT2D eigenvalue weighted by Gasteiger charge is 2.21. The van der Waals surface area contributed by atoms with Crippen molar-refractivity contribution in [3.05, 3.63) is 35.9 Å². The van der Waals surface area contributed by atoms with Crippen molar-refractivity contribution in [2.24, 2.45) is 11.7 Å². The van der Waals surface area contributed by atoms with Crippen LogP contribution in [-0.4, -0.2) is 13.3 Å². The van der Waals surface area contributed by atoms with Crippen LogP contribution in [0, 0.1) is 11.3 Å². The number of rotatable bonds is 3. The van der Waals surface area contributed by atoms with Crippen LogP contribution in [0.1, 0.15) is 43.6 Å². The van der Waals surface area contributed by atoms with Crippen molar-refractivity contribution < 1.29 is 0 Å². The van der Waals surface area contributed by atoms with Crippen LogP contribution in [-0.2, 0) is 0 Å². The summed E-state index contributed by atoms with van der Waals surface area (Å²) in [5, 5.41) is 7.13. The number of hydrogen-bond acceptors (Lipinski definition) is 2. The highest BCUT2D eigenvalue weighted by Crippen LogP contribution is 2.36. The van der Waals surface area contributed by atoms with Gasteiger partial charge in [-0.05, 0) is 62.8 Å². The molecule has 94 valence electrons. The van der Waals surface area contributed by atoms with Crippen LogP contribution < -0.4 is 5.73 Å². The SMILES string of the molecule is CN.N=CCC1CCC(c2ccccc2)CC1. The predicted molar refractivity (Wildman–Crippen MR) is 74.7 cm³/mol. The molecule has 2 rings (SSSR count). The number of hydrogen-bond donors (Lipinski definition) is 2. The second kappa shape index (κ2) is 8.02. The van der Waals surface area contributed by atoms with Crippen molar-refractivity contribution in [3.63, 3.8) is 0 Å². The normalized spacial score (nSPS) is 23.4. The molecule has 0 aliphatic heterocycles. The zero-order chi connectivity index (χ0) is 12.5. The molecule has 1 saturated carbocycles. The van der Waals surface area contributed by atoms with E-state index in [1.165, 1.54) is 38.3 Å². The van der Waals surface area contributed by atoms with Crippen LogP contribution >= 0.6 is 0 Å². The first kappa shape index (κ1) is 13.9. The molecule has 1 aliphatic rings. The molecule has 17 heavy (non-hydrogen) atoms. The molecule has 3 N–H and O–H groups in total. The Balaban J connectivity index is 0.000000686. The van der Waals surface area contributed by atoms with E-state index in [1.54, 1.807) is 6.21 Å². The van der Waals surface area contributed by atoms with Crippen LogP contribution in [0.4, 0.5) is 0 Å². The topological polar surface area (TPSA) is 49.9 Å². The van der Waals surface area contributed by atoms with Gasteiger partial charge >= 0.3 is 0 Å². The van der Waals surface area contributed by atoms with Crippen LogP contribution in [0.2, 0.25) is 0 Å². The van der Waals surface area contributed by atoms with Gasteiger partial charge < -0.3 is 11.1 Å². The third-order valence-corrected chi connectivity index (χ3v) is 3.57. The minimum absolute atomic E-state index is 0.771. The molecule has 0 unspecified atom stereocenters. The summed E-state index contributed by atoms with van der Waals surface area (Å²) in [5.74, 6) is 1.55. The Kier molecular flexibility index (Phi) is 6.56. The van der Waals surface area contributed by atoms with Crippen LogP contribution in [0.5, 0.6) is 0 Å². The molecule has 1 aliphatic carbocycles. The Labute approximate surface area is 105 Å². The highest BCUT2D eigenvalue weighted by atomic mass is 14.4. The van der Waals surface area contributed by atoms with Gasteiger partial charge in [-0.25, -0.2) is 0 Å². The highest BCUT2D eigenvalue weighted by molar-refractivity contribution is 5.53. The average molecular weight is 232 g/mol. The van der Waals surface area contributed by atoms with Gasteiger partial charge in [0, 0.05) is 0 Å². The van der Waals surface area contributed by atoms with Gasteiger partial charge in [0.25, 0.3) is 0 Å². The quantitative estimate of drug-likeness (QED) is 0.769. The Morgan fingerprint density at radius 1 is 1.12 bits per heavy atom. The molecule has 0 saturated heterocycles. The third-order valence-electron chi connectivity index (χ3n) is 3.57. The molecular weight excluding hydrogens is 208 g/mol. The van der Waals surface area contributed by atoms with Gasteiger partial charge in [0.1, 0.15) is 0 Å². The van der Waals surface area contributed by atoms with Gasteiger partial charge in [-0.3, -0.25) is 0 Å². The Morgan fingerprint density at radius 3 is 2.24 bits per heavy atom. The molecule has 1 fully saturated rings. The summed E-state index contributed by atoms with van der Waals surface area (Å²) in [7, 11) is 1.50. The van der Waals surface area contributed by atoms with E-state index in [9.17, 15) is 0 Å². The second-order valence-corrected chi connectivity index (χ2v) is 4.57. The van der Waals surface area contributed by atoms with Gasteiger partial charge in [-0.2, -0.15) is 0 Å². The Hall–Kier alpha value is -1.15. The molecule has 0 radical (unpaired) electrons. The van der Waals surface area contributed by atoms with E-state index in [2.05, 4.69) is 36.1 Å². The molecule has 0 heterocycles. The summed E-state index contributed by atoms with van der Waals surface area (Å²) in [6.07, 6.45) is 7.78. The first-order valence-corrected chi connectivity index (χ1v) is 6.51. The Bertz CT molecular complexity index is 300. The molecule has 0 atom stereocenters. The summed E-state index contributed by atoms with van der Waals surface area (Å²) in [4.78, 5) is 0. The van der Waals surface area contributed by atoms with E-state index in [-0.39, 0.29) is 0 Å². The third kappa shape index (κ3) is 4.31. The van der Waals surface area contributed by atoms with Crippen molar-refractivity contribution in [1.29, 1.82) is 5.41 Å². The lowest BCUT2D eigenvalue weighted by atomic mass is 9.78. The van der Waals surface area contributed by atoms with E-state index < -0.39 is 0 Å². The van der Waals surface area contributed by atoms with Gasteiger partial charge in [-0.15, -0.1) is 0 Å². The van der Waals surface area contributed by atoms with Crippen LogP contribution in [0.3, 0.4) is 0 Å². The molecule has 2 heteroatoms. The summed E-state index contributed by atoms with van der Waals surface area (Å²) < 4.78 is 0. The minimum atomic E-state index is 0.771. The predicted octanol–water partition coefficient (Wildman–Crippen LogP) is 3.57. The fraction of sp³-hybridized carbons (Fsp3) is 0.533. The fourth-order valence-corrected chi connectivity index (χ4v) is 2.62. The summed E-state index contributed by atoms with van der Waals surface area (Å²) >= 11 is 0. The van der Waals surface area contributed by atoms with Crippen molar-refractivity contribution in [2.45, 2.75) is 38.0 Å². The van der Waals surface area contributed by atoms with Gasteiger partial charge in [0.15, 0.2) is 0 Å². The number of nitrogens with one attached hydrogen (secondary N) is 1. The van der Waals surface area contributed by atoms with Crippen molar-refractivity contribution in [3.8, 4) is 0 Å². The largest absolute Gasteiger partial charge is 0.333 e. The first-order valence-electron chi connectivity index (χ1n) is 6.51. The number of benzene rings is 1. The minimum Gasteiger partial charge on any atom is -0.333 e. The monoisotopic (exact) mass is 232 g/mol. The summed E-state index contributed by atoms with van der Waals surface area (Å²) in [6.45, 7) is 0. The molecule has 1 aromatic rings. The van der Waals surface area contributed by atoms with Gasteiger partial charge in [0.2, 0.25) is 0 Å². The van der Waals surface area contributed by atoms with E-state index in [0.717, 1.165) is 18.3 Å². The molecule has 2 nitrogen and oxygen atoms in total. The standard InChI is InChI=1S/C14H19N.CH5N/c15-11-10-12-6-8-14(9-7-12)13-4-2-1-3-5-13;1-2/h1-5,11-12,14-15H,6-10H2;2H2,1H3. The molecule has 0 amide bonds. The lowest BCUT2D eigenvalue weighted by molar-refractivity contribution is 0.335. The number of nitrogens with two attached hydrogens (primary N) is 1.